The van der Waals surface area contributed by atoms with Crippen LogP contribution in [0.25, 0.3) is 5.69 Å². The van der Waals surface area contributed by atoms with Crippen molar-refractivity contribution in [2.75, 3.05) is 5.88 Å². The average Bonchev–Trinajstić information content (AvgIpc) is 2.83. The van der Waals surface area contributed by atoms with E-state index in [1.165, 1.54) is 11.0 Å². The molecule has 1 heterocycles. The number of tetrazole rings is 1. The Morgan fingerprint density at radius 3 is 3.06 bits per heavy atom. The Morgan fingerprint density at radius 1 is 1.50 bits per heavy atom. The van der Waals surface area contributed by atoms with Crippen LogP contribution in [-0.2, 0) is 0 Å². The standard InChI is InChI=1S/C9H9ClN6/c10-5-9(11)13-7-2-1-3-8(4-7)16-6-12-14-15-16/h1-4,6H,5H2,(H2,11,13). The maximum absolute atomic E-state index is 5.55. The molecule has 0 aliphatic heterocycles. The highest BCUT2D eigenvalue weighted by Crippen LogP contribution is 2.16. The zero-order valence-electron chi connectivity index (χ0n) is 8.29. The van der Waals surface area contributed by atoms with Crippen molar-refractivity contribution in [2.45, 2.75) is 0 Å². The molecule has 16 heavy (non-hydrogen) atoms. The molecule has 0 fully saturated rings. The van der Waals surface area contributed by atoms with Gasteiger partial charge in [-0.2, -0.15) is 0 Å². The summed E-state index contributed by atoms with van der Waals surface area (Å²) in [4.78, 5) is 4.13. The summed E-state index contributed by atoms with van der Waals surface area (Å²) in [6, 6.07) is 7.35. The minimum Gasteiger partial charge on any atom is -0.386 e. The third-order valence-corrected chi connectivity index (χ3v) is 2.13. The highest BCUT2D eigenvalue weighted by molar-refractivity contribution is 6.28. The van der Waals surface area contributed by atoms with Crippen LogP contribution in [0.3, 0.4) is 0 Å². The fourth-order valence-electron chi connectivity index (χ4n) is 1.18. The molecule has 0 atom stereocenters. The maximum Gasteiger partial charge on any atom is 0.143 e. The molecule has 0 aliphatic rings. The average molecular weight is 237 g/mol. The van der Waals surface area contributed by atoms with Crippen LogP contribution in [0.5, 0.6) is 0 Å². The number of aromatic nitrogens is 4. The summed E-state index contributed by atoms with van der Waals surface area (Å²) in [7, 11) is 0. The number of nitrogens with zero attached hydrogens (tertiary/aromatic N) is 5. The lowest BCUT2D eigenvalue weighted by Gasteiger charge is -2.01. The molecule has 0 bridgehead atoms. The topological polar surface area (TPSA) is 82.0 Å². The van der Waals surface area contributed by atoms with Gasteiger partial charge < -0.3 is 5.73 Å². The number of halogens is 1. The van der Waals surface area contributed by atoms with Gasteiger partial charge in [-0.3, -0.25) is 0 Å². The molecule has 0 aliphatic carbocycles. The molecule has 2 rings (SSSR count). The van der Waals surface area contributed by atoms with Crippen LogP contribution in [0.15, 0.2) is 35.6 Å². The summed E-state index contributed by atoms with van der Waals surface area (Å²) in [5.74, 6) is 0.574. The largest absolute Gasteiger partial charge is 0.386 e. The van der Waals surface area contributed by atoms with Crippen molar-refractivity contribution in [3.8, 4) is 5.69 Å². The van der Waals surface area contributed by atoms with Gasteiger partial charge in [0.15, 0.2) is 0 Å². The smallest absolute Gasteiger partial charge is 0.143 e. The number of benzene rings is 1. The van der Waals surface area contributed by atoms with E-state index in [1.54, 1.807) is 0 Å². The molecule has 6 nitrogen and oxygen atoms in total. The van der Waals surface area contributed by atoms with Crippen molar-refractivity contribution in [1.29, 1.82) is 0 Å². The quantitative estimate of drug-likeness (QED) is 0.487. The van der Waals surface area contributed by atoms with Gasteiger partial charge in [-0.25, -0.2) is 9.67 Å². The van der Waals surface area contributed by atoms with Gasteiger partial charge in [-0.15, -0.1) is 16.7 Å². The third-order valence-electron chi connectivity index (χ3n) is 1.85. The number of rotatable bonds is 3. The fourth-order valence-corrected chi connectivity index (χ4v) is 1.24. The first-order chi connectivity index (χ1) is 7.79. The predicted octanol–water partition coefficient (Wildman–Crippen LogP) is 0.890. The van der Waals surface area contributed by atoms with Gasteiger partial charge in [0.1, 0.15) is 12.2 Å². The number of hydrogen-bond donors (Lipinski definition) is 1. The number of amidine groups is 1. The fraction of sp³-hybridized carbons (Fsp3) is 0.111. The summed E-state index contributed by atoms with van der Waals surface area (Å²) in [6.07, 6.45) is 1.51. The minimum atomic E-state index is 0.203. The Hall–Kier alpha value is -1.95. The molecule has 0 radical (unpaired) electrons. The Balaban J connectivity index is 2.34. The molecule has 7 heteroatoms. The second-order valence-electron chi connectivity index (χ2n) is 3.01. The van der Waals surface area contributed by atoms with Crippen molar-refractivity contribution in [3.05, 3.63) is 30.6 Å². The van der Waals surface area contributed by atoms with Gasteiger partial charge in [-0.05, 0) is 28.6 Å². The summed E-state index contributed by atoms with van der Waals surface area (Å²) >= 11 is 5.55. The van der Waals surface area contributed by atoms with Crippen LogP contribution >= 0.6 is 11.6 Å². The third kappa shape index (κ3) is 2.34. The Kier molecular flexibility index (Phi) is 3.11. The van der Waals surface area contributed by atoms with E-state index in [0.29, 0.717) is 11.5 Å². The highest BCUT2D eigenvalue weighted by atomic mass is 35.5. The van der Waals surface area contributed by atoms with E-state index in [2.05, 4.69) is 20.5 Å². The molecule has 2 N–H and O–H groups in total. The van der Waals surface area contributed by atoms with Crippen molar-refractivity contribution in [3.63, 3.8) is 0 Å². The molecule has 0 spiro atoms. The van der Waals surface area contributed by atoms with Crippen LogP contribution in [0, 0.1) is 0 Å². The number of nitrogens with two attached hydrogens (primary N) is 1. The summed E-state index contributed by atoms with van der Waals surface area (Å²) < 4.78 is 1.54. The monoisotopic (exact) mass is 236 g/mol. The van der Waals surface area contributed by atoms with E-state index in [0.717, 1.165) is 5.69 Å². The molecule has 1 aromatic heterocycles. The molecular formula is C9H9ClN6. The first-order valence-corrected chi connectivity index (χ1v) is 5.05. The lowest BCUT2D eigenvalue weighted by atomic mass is 10.3. The SMILES string of the molecule is NC(CCl)=Nc1cccc(-n2cnnn2)c1. The van der Waals surface area contributed by atoms with Gasteiger partial charge in [0.05, 0.1) is 17.3 Å². The van der Waals surface area contributed by atoms with Gasteiger partial charge >= 0.3 is 0 Å². The summed E-state index contributed by atoms with van der Waals surface area (Å²) in [6.45, 7) is 0. The van der Waals surface area contributed by atoms with Crippen LogP contribution in [0.4, 0.5) is 5.69 Å². The number of aliphatic imine (C=N–C) groups is 1. The second kappa shape index (κ2) is 4.71. The summed E-state index contributed by atoms with van der Waals surface area (Å²) in [5.41, 5.74) is 7.07. The van der Waals surface area contributed by atoms with Gasteiger partial charge in [0.25, 0.3) is 0 Å². The number of alkyl halides is 1. The van der Waals surface area contributed by atoms with Gasteiger partial charge in [0.2, 0.25) is 0 Å². The van der Waals surface area contributed by atoms with Crippen LogP contribution < -0.4 is 5.73 Å². The lowest BCUT2D eigenvalue weighted by Crippen LogP contribution is -2.12. The van der Waals surface area contributed by atoms with E-state index in [4.69, 9.17) is 17.3 Å². The zero-order valence-corrected chi connectivity index (χ0v) is 9.04. The van der Waals surface area contributed by atoms with E-state index in [9.17, 15) is 0 Å². The molecule has 1 aromatic carbocycles. The molecule has 82 valence electrons. The van der Waals surface area contributed by atoms with Crippen molar-refractivity contribution in [1.82, 2.24) is 20.2 Å². The Morgan fingerprint density at radius 2 is 2.38 bits per heavy atom. The van der Waals surface area contributed by atoms with Crippen molar-refractivity contribution >= 4 is 23.1 Å². The van der Waals surface area contributed by atoms with E-state index < -0.39 is 0 Å². The van der Waals surface area contributed by atoms with E-state index >= 15 is 0 Å². The maximum atomic E-state index is 5.55. The highest BCUT2D eigenvalue weighted by Gasteiger charge is 1.99. The molecule has 0 amide bonds. The van der Waals surface area contributed by atoms with Gasteiger partial charge in [-0.1, -0.05) is 6.07 Å². The van der Waals surface area contributed by atoms with Gasteiger partial charge in [0, 0.05) is 0 Å². The zero-order chi connectivity index (χ0) is 11.4. The molecular weight excluding hydrogens is 228 g/mol. The van der Waals surface area contributed by atoms with Crippen LogP contribution in [-0.4, -0.2) is 31.9 Å². The predicted molar refractivity (Wildman–Crippen MR) is 61.2 cm³/mol. The van der Waals surface area contributed by atoms with Crippen LogP contribution in [0.1, 0.15) is 0 Å². The Bertz CT molecular complexity index is 492. The molecule has 0 saturated heterocycles. The van der Waals surface area contributed by atoms with Crippen LogP contribution in [0.2, 0.25) is 0 Å². The normalized spacial score (nSPS) is 11.7. The first kappa shape index (κ1) is 10.6. The Labute approximate surface area is 96.7 Å². The minimum absolute atomic E-state index is 0.203. The molecule has 0 saturated carbocycles. The second-order valence-corrected chi connectivity index (χ2v) is 3.28. The van der Waals surface area contributed by atoms with Crippen molar-refractivity contribution in [2.24, 2.45) is 10.7 Å². The van der Waals surface area contributed by atoms with E-state index in [1.807, 2.05) is 24.3 Å². The molecule has 2 aromatic rings. The lowest BCUT2D eigenvalue weighted by molar-refractivity contribution is 0.789. The first-order valence-electron chi connectivity index (χ1n) is 4.52. The summed E-state index contributed by atoms with van der Waals surface area (Å²) in [5, 5.41) is 10.9. The molecule has 0 unspecified atom stereocenters. The number of hydrogen-bond acceptors (Lipinski definition) is 4. The van der Waals surface area contributed by atoms with Crippen molar-refractivity contribution < 1.29 is 0 Å². The van der Waals surface area contributed by atoms with E-state index in [-0.39, 0.29) is 5.88 Å².